The molecule has 0 aromatic carbocycles. The van der Waals surface area contributed by atoms with Gasteiger partial charge in [0.2, 0.25) is 11.0 Å². The maximum absolute atomic E-state index is 12.3. The molecule has 2 aromatic heterocycles. The van der Waals surface area contributed by atoms with Crippen molar-refractivity contribution < 1.29 is 4.79 Å². The second-order valence-corrected chi connectivity index (χ2v) is 8.96. The molecule has 1 amide bonds. The number of carbonyl (C=O) groups excluding carboxylic acids is 1. The molecule has 3 rings (SSSR count). The van der Waals surface area contributed by atoms with E-state index in [-0.39, 0.29) is 17.6 Å². The molecule has 1 N–H and O–H groups in total. The smallest absolute Gasteiger partial charge is 0.236 e. The van der Waals surface area contributed by atoms with Crippen LogP contribution in [0.25, 0.3) is 0 Å². The van der Waals surface area contributed by atoms with E-state index in [1.54, 1.807) is 0 Å². The number of allylic oxidation sites excluding steroid dienone is 1. The van der Waals surface area contributed by atoms with E-state index in [9.17, 15) is 4.79 Å². The minimum atomic E-state index is -0.106. The van der Waals surface area contributed by atoms with Crippen LogP contribution in [0.4, 0.5) is 5.13 Å². The van der Waals surface area contributed by atoms with Crippen molar-refractivity contribution in [3.05, 3.63) is 23.5 Å². The van der Waals surface area contributed by atoms with Gasteiger partial charge in [-0.25, -0.2) is 0 Å². The van der Waals surface area contributed by atoms with Crippen LogP contribution >= 0.6 is 23.1 Å². The van der Waals surface area contributed by atoms with E-state index in [0.29, 0.717) is 17.6 Å². The quantitative estimate of drug-likeness (QED) is 0.522. The molecule has 1 fully saturated rings. The Bertz CT molecular complexity index is 779. The van der Waals surface area contributed by atoms with Gasteiger partial charge in [0.1, 0.15) is 10.8 Å². The second kappa shape index (κ2) is 9.45. The van der Waals surface area contributed by atoms with Crippen molar-refractivity contribution in [2.75, 3.05) is 11.1 Å². The molecular formula is C18H26N6OS2. The first-order chi connectivity index (χ1) is 13.1. The normalized spacial score (nSPS) is 15.2. The SMILES string of the molecule is C=CCn1c(SCC(=O)Nc2nnc(C3CCCCC3)s2)nnc1C(C)C. The van der Waals surface area contributed by atoms with Gasteiger partial charge in [-0.1, -0.05) is 62.3 Å². The molecule has 1 aliphatic rings. The number of anilines is 1. The van der Waals surface area contributed by atoms with Gasteiger partial charge >= 0.3 is 0 Å². The molecule has 27 heavy (non-hydrogen) atoms. The lowest BCUT2D eigenvalue weighted by molar-refractivity contribution is -0.113. The van der Waals surface area contributed by atoms with E-state index in [0.717, 1.165) is 16.0 Å². The summed E-state index contributed by atoms with van der Waals surface area (Å²) in [4.78, 5) is 12.3. The van der Waals surface area contributed by atoms with Crippen LogP contribution in [0, 0.1) is 0 Å². The maximum Gasteiger partial charge on any atom is 0.236 e. The molecule has 146 valence electrons. The largest absolute Gasteiger partial charge is 0.302 e. The number of nitrogens with one attached hydrogen (secondary N) is 1. The molecule has 0 bridgehead atoms. The van der Waals surface area contributed by atoms with Crippen molar-refractivity contribution in [3.8, 4) is 0 Å². The number of thioether (sulfide) groups is 1. The summed E-state index contributed by atoms with van der Waals surface area (Å²) in [6.45, 7) is 8.57. The third kappa shape index (κ3) is 5.16. The number of amides is 1. The zero-order valence-electron chi connectivity index (χ0n) is 15.8. The molecule has 0 spiro atoms. The molecule has 0 unspecified atom stereocenters. The van der Waals surface area contributed by atoms with E-state index in [1.807, 2.05) is 10.6 Å². The fourth-order valence-electron chi connectivity index (χ4n) is 3.22. The minimum absolute atomic E-state index is 0.106. The average Bonchev–Trinajstić information content (AvgIpc) is 3.28. The summed E-state index contributed by atoms with van der Waals surface area (Å²) in [5.74, 6) is 1.82. The maximum atomic E-state index is 12.3. The first-order valence-electron chi connectivity index (χ1n) is 9.38. The van der Waals surface area contributed by atoms with E-state index < -0.39 is 0 Å². The first kappa shape index (κ1) is 20.0. The first-order valence-corrected chi connectivity index (χ1v) is 11.2. The summed E-state index contributed by atoms with van der Waals surface area (Å²) in [6.07, 6.45) is 7.99. The molecule has 0 atom stereocenters. The molecule has 1 aliphatic carbocycles. The third-order valence-electron chi connectivity index (χ3n) is 4.55. The van der Waals surface area contributed by atoms with Crippen molar-refractivity contribution in [1.29, 1.82) is 0 Å². The summed E-state index contributed by atoms with van der Waals surface area (Å²) >= 11 is 2.87. The van der Waals surface area contributed by atoms with Gasteiger partial charge in [-0.05, 0) is 12.8 Å². The lowest BCUT2D eigenvalue weighted by Crippen LogP contribution is -2.14. The molecule has 9 heteroatoms. The van der Waals surface area contributed by atoms with Gasteiger partial charge in [0, 0.05) is 18.4 Å². The zero-order chi connectivity index (χ0) is 19.2. The molecular weight excluding hydrogens is 380 g/mol. The third-order valence-corrected chi connectivity index (χ3v) is 6.52. The van der Waals surface area contributed by atoms with Crippen molar-refractivity contribution >= 4 is 34.1 Å². The highest BCUT2D eigenvalue weighted by Crippen LogP contribution is 2.35. The van der Waals surface area contributed by atoms with Crippen LogP contribution in [0.5, 0.6) is 0 Å². The summed E-state index contributed by atoms with van der Waals surface area (Å²) in [5.41, 5.74) is 0. The van der Waals surface area contributed by atoms with E-state index in [4.69, 9.17) is 0 Å². The van der Waals surface area contributed by atoms with Gasteiger partial charge in [0.25, 0.3) is 0 Å². The fourth-order valence-corrected chi connectivity index (χ4v) is 4.90. The number of carbonyl (C=O) groups is 1. The van der Waals surface area contributed by atoms with E-state index >= 15 is 0 Å². The van der Waals surface area contributed by atoms with Crippen LogP contribution in [0.2, 0.25) is 0 Å². The van der Waals surface area contributed by atoms with Gasteiger partial charge in [0.05, 0.1) is 5.75 Å². The van der Waals surface area contributed by atoms with E-state index in [1.165, 1.54) is 55.2 Å². The number of rotatable bonds is 8. The highest BCUT2D eigenvalue weighted by Gasteiger charge is 2.20. The lowest BCUT2D eigenvalue weighted by Gasteiger charge is -2.18. The molecule has 1 saturated carbocycles. The lowest BCUT2D eigenvalue weighted by atomic mass is 9.90. The molecule has 2 aromatic rings. The number of nitrogens with zero attached hydrogens (tertiary/aromatic N) is 5. The Kier molecular flexibility index (Phi) is 7.01. The van der Waals surface area contributed by atoms with Crippen LogP contribution in [0.1, 0.15) is 68.6 Å². The van der Waals surface area contributed by atoms with Crippen LogP contribution in [-0.4, -0.2) is 36.6 Å². The van der Waals surface area contributed by atoms with Crippen LogP contribution < -0.4 is 5.32 Å². The van der Waals surface area contributed by atoms with Gasteiger partial charge in [-0.3, -0.25) is 10.1 Å². The van der Waals surface area contributed by atoms with Crippen molar-refractivity contribution in [3.63, 3.8) is 0 Å². The Morgan fingerprint density at radius 1 is 1.30 bits per heavy atom. The predicted octanol–water partition coefficient (Wildman–Crippen LogP) is 4.22. The number of hydrogen-bond donors (Lipinski definition) is 1. The van der Waals surface area contributed by atoms with Crippen LogP contribution in [0.15, 0.2) is 17.8 Å². The fraction of sp³-hybridized carbons (Fsp3) is 0.611. The molecule has 2 heterocycles. The predicted molar refractivity (Wildman–Crippen MR) is 109 cm³/mol. The Balaban J connectivity index is 1.56. The Labute approximate surface area is 168 Å². The summed E-state index contributed by atoms with van der Waals surface area (Å²) in [5, 5.41) is 22.1. The average molecular weight is 407 g/mol. The number of hydrogen-bond acceptors (Lipinski definition) is 7. The van der Waals surface area contributed by atoms with Gasteiger partial charge in [-0.15, -0.1) is 27.0 Å². The highest BCUT2D eigenvalue weighted by molar-refractivity contribution is 7.99. The Morgan fingerprint density at radius 2 is 2.07 bits per heavy atom. The van der Waals surface area contributed by atoms with Crippen molar-refractivity contribution in [2.45, 2.75) is 69.5 Å². The monoisotopic (exact) mass is 406 g/mol. The summed E-state index contributed by atoms with van der Waals surface area (Å²) in [6, 6.07) is 0. The highest BCUT2D eigenvalue weighted by atomic mass is 32.2. The zero-order valence-corrected chi connectivity index (χ0v) is 17.5. The van der Waals surface area contributed by atoms with Crippen molar-refractivity contribution in [2.24, 2.45) is 0 Å². The van der Waals surface area contributed by atoms with Gasteiger partial charge in [-0.2, -0.15) is 0 Å². The molecule has 0 saturated heterocycles. The van der Waals surface area contributed by atoms with E-state index in [2.05, 4.69) is 46.1 Å². The summed E-state index contributed by atoms with van der Waals surface area (Å²) < 4.78 is 2.00. The number of aromatic nitrogens is 5. The Hall–Kier alpha value is -1.74. The molecule has 0 radical (unpaired) electrons. The second-order valence-electron chi connectivity index (χ2n) is 7.01. The van der Waals surface area contributed by atoms with Crippen LogP contribution in [0.3, 0.4) is 0 Å². The van der Waals surface area contributed by atoms with Gasteiger partial charge < -0.3 is 4.57 Å². The van der Waals surface area contributed by atoms with Crippen molar-refractivity contribution in [1.82, 2.24) is 25.0 Å². The van der Waals surface area contributed by atoms with Gasteiger partial charge in [0.15, 0.2) is 5.16 Å². The summed E-state index contributed by atoms with van der Waals surface area (Å²) in [7, 11) is 0. The standard InChI is InChI=1S/C18H26N6OS2/c1-4-10-24-15(12(2)3)20-23-18(24)26-11-14(25)19-17-22-21-16(27-17)13-8-6-5-7-9-13/h4,12-13H,1,5-11H2,2-3H3,(H,19,22,25). The topological polar surface area (TPSA) is 85.6 Å². The Morgan fingerprint density at radius 3 is 2.78 bits per heavy atom. The molecule has 0 aliphatic heterocycles. The van der Waals surface area contributed by atoms with Crippen LogP contribution in [-0.2, 0) is 11.3 Å². The molecule has 7 nitrogen and oxygen atoms in total. The minimum Gasteiger partial charge on any atom is -0.302 e.